The van der Waals surface area contributed by atoms with Crippen LogP contribution in [-0.2, 0) is 32.7 Å². The average Bonchev–Trinajstić information content (AvgIpc) is 3.12. The first-order valence-electron chi connectivity index (χ1n) is 21.6. The standard InChI is InChI=1S/C42H82NO8P/c1-4-6-8-10-12-14-16-17-18-19-20-21-22-23-25-26-28-30-32-34-41(44)48-38-40(39-50-52(46,47)49-37-36-43-3)51-42(45)35-33-31-29-27-24-15-13-11-9-7-5-2/h17-18,40,43H,4-16,19-39H2,1-3H3,(H,46,47)/b18-17-. The summed E-state index contributed by atoms with van der Waals surface area (Å²) in [5.74, 6) is -0.801. The maximum atomic E-state index is 12.6. The third-order valence-corrected chi connectivity index (χ3v) is 10.4. The Morgan fingerprint density at radius 1 is 0.577 bits per heavy atom. The molecule has 2 atom stereocenters. The van der Waals surface area contributed by atoms with Gasteiger partial charge in [0.25, 0.3) is 0 Å². The van der Waals surface area contributed by atoms with E-state index in [2.05, 4.69) is 31.3 Å². The van der Waals surface area contributed by atoms with Crippen molar-refractivity contribution in [3.63, 3.8) is 0 Å². The van der Waals surface area contributed by atoms with Crippen LogP contribution >= 0.6 is 7.82 Å². The maximum Gasteiger partial charge on any atom is 0.472 e. The smallest absolute Gasteiger partial charge is 0.462 e. The Morgan fingerprint density at radius 2 is 0.981 bits per heavy atom. The average molecular weight is 760 g/mol. The minimum absolute atomic E-state index is 0.0141. The van der Waals surface area contributed by atoms with E-state index in [1.165, 1.54) is 141 Å². The van der Waals surface area contributed by atoms with Crippen LogP contribution in [0, 0.1) is 0 Å². The lowest BCUT2D eigenvalue weighted by Crippen LogP contribution is -2.29. The van der Waals surface area contributed by atoms with Crippen LogP contribution in [0.1, 0.15) is 206 Å². The third kappa shape index (κ3) is 38.5. The number of hydrogen-bond acceptors (Lipinski definition) is 8. The molecule has 0 bridgehead atoms. The Hall–Kier alpha value is -1.25. The highest BCUT2D eigenvalue weighted by Crippen LogP contribution is 2.43. The first-order chi connectivity index (χ1) is 25.3. The largest absolute Gasteiger partial charge is 0.472 e. The predicted octanol–water partition coefficient (Wildman–Crippen LogP) is 12.1. The molecule has 0 aromatic heterocycles. The second kappa shape index (κ2) is 39.4. The molecule has 0 heterocycles. The highest BCUT2D eigenvalue weighted by molar-refractivity contribution is 7.47. The zero-order chi connectivity index (χ0) is 38.2. The molecule has 0 aliphatic carbocycles. The molecule has 0 saturated heterocycles. The minimum Gasteiger partial charge on any atom is -0.462 e. The lowest BCUT2D eigenvalue weighted by Gasteiger charge is -2.20. The van der Waals surface area contributed by atoms with Crippen molar-refractivity contribution in [2.45, 2.75) is 213 Å². The lowest BCUT2D eigenvalue weighted by atomic mass is 10.1. The van der Waals surface area contributed by atoms with Crippen molar-refractivity contribution < 1.29 is 37.6 Å². The van der Waals surface area contributed by atoms with Gasteiger partial charge in [-0.3, -0.25) is 18.6 Å². The highest BCUT2D eigenvalue weighted by Gasteiger charge is 2.26. The first kappa shape index (κ1) is 50.8. The van der Waals surface area contributed by atoms with Gasteiger partial charge >= 0.3 is 19.8 Å². The third-order valence-electron chi connectivity index (χ3n) is 9.39. The van der Waals surface area contributed by atoms with E-state index in [1.807, 2.05) is 0 Å². The van der Waals surface area contributed by atoms with Crippen LogP contribution in [0.4, 0.5) is 0 Å². The van der Waals surface area contributed by atoms with E-state index in [-0.39, 0.29) is 32.0 Å². The van der Waals surface area contributed by atoms with Crippen LogP contribution in [0.25, 0.3) is 0 Å². The Kier molecular flexibility index (Phi) is 38.5. The summed E-state index contributed by atoms with van der Waals surface area (Å²) in [4.78, 5) is 35.0. The van der Waals surface area contributed by atoms with Gasteiger partial charge in [-0.1, -0.05) is 167 Å². The van der Waals surface area contributed by atoms with Gasteiger partial charge in [-0.15, -0.1) is 0 Å². The molecule has 10 heteroatoms. The summed E-state index contributed by atoms with van der Waals surface area (Å²) >= 11 is 0. The summed E-state index contributed by atoms with van der Waals surface area (Å²) < 4.78 is 33.1. The number of ether oxygens (including phenoxy) is 2. The van der Waals surface area contributed by atoms with E-state index in [1.54, 1.807) is 7.05 Å². The molecule has 2 unspecified atom stereocenters. The number of nitrogens with one attached hydrogen (secondary N) is 1. The minimum atomic E-state index is -4.34. The van der Waals surface area contributed by atoms with Crippen molar-refractivity contribution in [1.29, 1.82) is 0 Å². The molecular formula is C42H82NO8P. The van der Waals surface area contributed by atoms with Gasteiger partial charge in [0.2, 0.25) is 0 Å². The van der Waals surface area contributed by atoms with Crippen LogP contribution in [-0.4, -0.2) is 56.3 Å². The van der Waals surface area contributed by atoms with E-state index in [0.717, 1.165) is 32.1 Å². The van der Waals surface area contributed by atoms with Crippen molar-refractivity contribution in [2.75, 3.05) is 33.4 Å². The van der Waals surface area contributed by atoms with Crippen molar-refractivity contribution in [3.8, 4) is 0 Å². The highest BCUT2D eigenvalue weighted by atomic mass is 31.2. The van der Waals surface area contributed by atoms with Gasteiger partial charge in [-0.2, -0.15) is 0 Å². The molecule has 0 radical (unpaired) electrons. The molecule has 2 N–H and O–H groups in total. The number of esters is 2. The number of likely N-dealkylation sites (N-methyl/N-ethyl adjacent to an activating group) is 1. The summed E-state index contributed by atoms with van der Waals surface area (Å²) in [6, 6.07) is 0. The van der Waals surface area contributed by atoms with Gasteiger partial charge in [0.05, 0.1) is 13.2 Å². The molecule has 0 rings (SSSR count). The van der Waals surface area contributed by atoms with Crippen molar-refractivity contribution in [3.05, 3.63) is 12.2 Å². The quantitative estimate of drug-likeness (QED) is 0.0271. The van der Waals surface area contributed by atoms with Gasteiger partial charge in [-0.25, -0.2) is 4.57 Å². The van der Waals surface area contributed by atoms with E-state index in [4.69, 9.17) is 18.5 Å². The number of unbranched alkanes of at least 4 members (excludes halogenated alkanes) is 25. The van der Waals surface area contributed by atoms with Crippen molar-refractivity contribution in [1.82, 2.24) is 5.32 Å². The molecular weight excluding hydrogens is 677 g/mol. The number of hydrogen-bond donors (Lipinski definition) is 2. The Bertz CT molecular complexity index is 871. The summed E-state index contributed by atoms with van der Waals surface area (Å²) in [6.45, 7) is 4.23. The number of phosphoric acid groups is 1. The van der Waals surface area contributed by atoms with Crippen LogP contribution in [0.15, 0.2) is 12.2 Å². The van der Waals surface area contributed by atoms with E-state index >= 15 is 0 Å². The molecule has 308 valence electrons. The van der Waals surface area contributed by atoms with Gasteiger partial charge < -0.3 is 19.7 Å². The Balaban J connectivity index is 4.14. The van der Waals surface area contributed by atoms with Gasteiger partial charge in [0.1, 0.15) is 6.61 Å². The zero-order valence-corrected chi connectivity index (χ0v) is 34.9. The molecule has 0 aliphatic heterocycles. The summed E-state index contributed by atoms with van der Waals surface area (Å²) in [5.41, 5.74) is 0. The van der Waals surface area contributed by atoms with Gasteiger partial charge in [0, 0.05) is 19.4 Å². The molecule has 0 spiro atoms. The summed E-state index contributed by atoms with van der Waals surface area (Å²) in [7, 11) is -2.64. The molecule has 0 amide bonds. The second-order valence-electron chi connectivity index (χ2n) is 14.5. The fraction of sp³-hybridized carbons (Fsp3) is 0.905. The monoisotopic (exact) mass is 760 g/mol. The predicted molar refractivity (Wildman–Crippen MR) is 215 cm³/mol. The maximum absolute atomic E-state index is 12.6. The normalized spacial score (nSPS) is 13.4. The molecule has 0 fully saturated rings. The van der Waals surface area contributed by atoms with Gasteiger partial charge in [-0.05, 0) is 45.6 Å². The Labute approximate surface area is 320 Å². The topological polar surface area (TPSA) is 120 Å². The van der Waals surface area contributed by atoms with Crippen molar-refractivity contribution >= 4 is 19.8 Å². The van der Waals surface area contributed by atoms with Crippen LogP contribution in [0.5, 0.6) is 0 Å². The molecule has 52 heavy (non-hydrogen) atoms. The van der Waals surface area contributed by atoms with E-state index < -0.39 is 26.5 Å². The van der Waals surface area contributed by atoms with Gasteiger partial charge in [0.15, 0.2) is 6.10 Å². The van der Waals surface area contributed by atoms with Crippen LogP contribution < -0.4 is 5.32 Å². The number of allylic oxidation sites excluding steroid dienone is 2. The van der Waals surface area contributed by atoms with Crippen LogP contribution in [0.3, 0.4) is 0 Å². The van der Waals surface area contributed by atoms with Crippen molar-refractivity contribution in [2.24, 2.45) is 0 Å². The summed E-state index contributed by atoms with van der Waals surface area (Å²) in [5, 5.41) is 2.82. The molecule has 0 aromatic carbocycles. The fourth-order valence-corrected chi connectivity index (χ4v) is 6.83. The van der Waals surface area contributed by atoms with E-state index in [0.29, 0.717) is 13.0 Å². The second-order valence-corrected chi connectivity index (χ2v) is 16.0. The summed E-state index contributed by atoms with van der Waals surface area (Å²) in [6.07, 6.45) is 38.3. The molecule has 0 aromatic rings. The van der Waals surface area contributed by atoms with E-state index in [9.17, 15) is 19.0 Å². The number of rotatable bonds is 41. The number of phosphoric ester groups is 1. The molecule has 0 aliphatic rings. The first-order valence-corrected chi connectivity index (χ1v) is 23.1. The fourth-order valence-electron chi connectivity index (χ4n) is 6.08. The molecule has 9 nitrogen and oxygen atoms in total. The molecule has 0 saturated carbocycles. The number of carbonyl (C=O) groups is 2. The zero-order valence-electron chi connectivity index (χ0n) is 34.0. The Morgan fingerprint density at radius 3 is 1.42 bits per heavy atom. The van der Waals surface area contributed by atoms with Crippen LogP contribution in [0.2, 0.25) is 0 Å². The lowest BCUT2D eigenvalue weighted by molar-refractivity contribution is -0.161. The SMILES string of the molecule is CCCCCCCC/C=C\CCCCCCCCCCCC(=O)OCC(COP(=O)(O)OCCNC)OC(=O)CCCCCCCCCCCCC. The number of carbonyl (C=O) groups excluding carboxylic acids is 2.